The van der Waals surface area contributed by atoms with Crippen molar-refractivity contribution in [1.29, 1.82) is 0 Å². The van der Waals surface area contributed by atoms with E-state index >= 15 is 0 Å². The van der Waals surface area contributed by atoms with Crippen LogP contribution in [0.3, 0.4) is 0 Å². The predicted molar refractivity (Wildman–Crippen MR) is 97.0 cm³/mol. The Morgan fingerprint density at radius 3 is 2.88 bits per heavy atom. The van der Waals surface area contributed by atoms with E-state index in [1.54, 1.807) is 18.2 Å². The molecule has 2 heterocycles. The number of rotatable bonds is 3. The Morgan fingerprint density at radius 2 is 2.00 bits per heavy atom. The third-order valence-corrected chi connectivity index (χ3v) is 4.60. The van der Waals surface area contributed by atoms with Gasteiger partial charge >= 0.3 is 0 Å². The van der Waals surface area contributed by atoms with Crippen LogP contribution in [0.25, 0.3) is 11.0 Å². The normalized spacial score (nSPS) is 14.4. The van der Waals surface area contributed by atoms with Gasteiger partial charge in [-0.25, -0.2) is 0 Å². The van der Waals surface area contributed by atoms with Gasteiger partial charge in [-0.05, 0) is 30.3 Å². The van der Waals surface area contributed by atoms with Crippen molar-refractivity contribution in [3.63, 3.8) is 0 Å². The van der Waals surface area contributed by atoms with Crippen LogP contribution in [-0.2, 0) is 4.79 Å². The summed E-state index contributed by atoms with van der Waals surface area (Å²) in [6.45, 7) is 1.58. The fourth-order valence-corrected chi connectivity index (χ4v) is 3.33. The lowest BCUT2D eigenvalue weighted by atomic mass is 10.1. The number of carbonyl (C=O) groups excluding carboxylic acids is 2. The first kappa shape index (κ1) is 15.5. The molecule has 0 saturated carbocycles. The second-order valence-electron chi connectivity index (χ2n) is 5.71. The quantitative estimate of drug-likeness (QED) is 0.751. The fourth-order valence-electron chi connectivity index (χ4n) is 2.82. The molecule has 1 saturated heterocycles. The number of anilines is 2. The molecule has 1 aliphatic rings. The number of fused-ring (bicyclic) bond motifs is 1. The summed E-state index contributed by atoms with van der Waals surface area (Å²) < 4.78 is 8.31. The summed E-state index contributed by atoms with van der Waals surface area (Å²) in [5.74, 6) is -0.238. The number of aromatic nitrogens is 2. The minimum Gasteiger partial charge on any atom is -0.359 e. The molecular formula is C17H15N5O2S. The Bertz CT molecular complexity index is 955. The van der Waals surface area contributed by atoms with Crippen LogP contribution in [0.5, 0.6) is 0 Å². The van der Waals surface area contributed by atoms with Crippen molar-refractivity contribution in [1.82, 2.24) is 14.1 Å². The van der Waals surface area contributed by atoms with Crippen LogP contribution in [0.2, 0.25) is 0 Å². The van der Waals surface area contributed by atoms with Gasteiger partial charge in [-0.3, -0.25) is 9.59 Å². The molecule has 126 valence electrons. The van der Waals surface area contributed by atoms with Gasteiger partial charge in [0.15, 0.2) is 0 Å². The molecule has 2 N–H and O–H groups in total. The number of carbonyl (C=O) groups is 2. The first-order valence-corrected chi connectivity index (χ1v) is 8.58. The van der Waals surface area contributed by atoms with Crippen LogP contribution >= 0.6 is 11.7 Å². The van der Waals surface area contributed by atoms with Crippen molar-refractivity contribution in [2.45, 2.75) is 0 Å². The largest absolute Gasteiger partial charge is 0.359 e. The van der Waals surface area contributed by atoms with Gasteiger partial charge in [0, 0.05) is 18.7 Å². The van der Waals surface area contributed by atoms with E-state index in [4.69, 9.17) is 0 Å². The molecule has 0 spiro atoms. The van der Waals surface area contributed by atoms with Crippen molar-refractivity contribution in [2.75, 3.05) is 29.9 Å². The Morgan fingerprint density at radius 1 is 1.16 bits per heavy atom. The second-order valence-corrected chi connectivity index (χ2v) is 6.24. The maximum absolute atomic E-state index is 12.6. The molecule has 0 atom stereocenters. The number of benzene rings is 2. The molecule has 2 aromatic carbocycles. The van der Waals surface area contributed by atoms with Crippen LogP contribution in [0, 0.1) is 0 Å². The first-order chi connectivity index (χ1) is 12.2. The lowest BCUT2D eigenvalue weighted by Crippen LogP contribution is -2.47. The highest BCUT2D eigenvalue weighted by molar-refractivity contribution is 7.00. The van der Waals surface area contributed by atoms with Crippen molar-refractivity contribution in [3.05, 3.63) is 48.0 Å². The molecular weight excluding hydrogens is 338 g/mol. The summed E-state index contributed by atoms with van der Waals surface area (Å²) in [5, 5.41) is 5.74. The van der Waals surface area contributed by atoms with E-state index in [2.05, 4.69) is 19.4 Å². The standard InChI is InChI=1S/C17H15N5O2S/c23-16-10-22(8-7-18-16)15-4-2-1-3-13(15)19-17(24)11-5-6-12-14(9-11)21-25-20-12/h1-6,9H,7-8,10H2,(H,18,23)(H,19,24). The number of para-hydroxylation sites is 2. The first-order valence-electron chi connectivity index (χ1n) is 7.85. The maximum Gasteiger partial charge on any atom is 0.255 e. The molecule has 3 aromatic rings. The SMILES string of the molecule is O=C1CN(c2ccccc2NC(=O)c2ccc3nsnc3c2)CCN1. The zero-order chi connectivity index (χ0) is 17.2. The molecule has 7 nitrogen and oxygen atoms in total. The van der Waals surface area contributed by atoms with E-state index in [0.717, 1.165) is 22.9 Å². The molecule has 1 aliphatic heterocycles. The fraction of sp³-hybridized carbons (Fsp3) is 0.176. The Hall–Kier alpha value is -3.00. The molecule has 0 radical (unpaired) electrons. The Kier molecular flexibility index (Phi) is 4.02. The highest BCUT2D eigenvalue weighted by atomic mass is 32.1. The van der Waals surface area contributed by atoms with Gasteiger partial charge in [0.2, 0.25) is 5.91 Å². The van der Waals surface area contributed by atoms with Crippen molar-refractivity contribution in [2.24, 2.45) is 0 Å². The van der Waals surface area contributed by atoms with Gasteiger partial charge in [0.25, 0.3) is 5.91 Å². The van der Waals surface area contributed by atoms with Crippen LogP contribution in [-0.4, -0.2) is 40.2 Å². The third-order valence-electron chi connectivity index (χ3n) is 4.05. The highest BCUT2D eigenvalue weighted by Crippen LogP contribution is 2.26. The van der Waals surface area contributed by atoms with Crippen LogP contribution in [0.1, 0.15) is 10.4 Å². The Balaban J connectivity index is 1.59. The van der Waals surface area contributed by atoms with Crippen LogP contribution < -0.4 is 15.5 Å². The van der Waals surface area contributed by atoms with Gasteiger partial charge < -0.3 is 15.5 Å². The summed E-state index contributed by atoms with van der Waals surface area (Å²) >= 11 is 1.12. The summed E-state index contributed by atoms with van der Waals surface area (Å²) in [7, 11) is 0. The zero-order valence-corrected chi connectivity index (χ0v) is 14.0. The van der Waals surface area contributed by atoms with Gasteiger partial charge in [0.1, 0.15) is 11.0 Å². The molecule has 8 heteroatoms. The van der Waals surface area contributed by atoms with E-state index in [1.165, 1.54) is 0 Å². The summed E-state index contributed by atoms with van der Waals surface area (Å²) in [6, 6.07) is 12.7. The van der Waals surface area contributed by atoms with Crippen LogP contribution in [0.15, 0.2) is 42.5 Å². The summed E-state index contributed by atoms with van der Waals surface area (Å²) in [4.78, 5) is 26.2. The van der Waals surface area contributed by atoms with Crippen molar-refractivity contribution in [3.8, 4) is 0 Å². The molecule has 25 heavy (non-hydrogen) atoms. The summed E-state index contributed by atoms with van der Waals surface area (Å²) in [6.07, 6.45) is 0. The minimum atomic E-state index is -0.219. The summed E-state index contributed by atoms with van der Waals surface area (Å²) in [5.41, 5.74) is 3.52. The number of nitrogens with one attached hydrogen (secondary N) is 2. The van der Waals surface area contributed by atoms with Gasteiger partial charge in [-0.2, -0.15) is 8.75 Å². The number of hydrogen-bond donors (Lipinski definition) is 2. The van der Waals surface area contributed by atoms with Gasteiger partial charge in [0.05, 0.1) is 29.6 Å². The highest BCUT2D eigenvalue weighted by Gasteiger charge is 2.20. The lowest BCUT2D eigenvalue weighted by molar-refractivity contribution is -0.120. The molecule has 0 unspecified atom stereocenters. The molecule has 4 rings (SSSR count). The number of amides is 2. The van der Waals surface area contributed by atoms with E-state index in [-0.39, 0.29) is 18.4 Å². The Labute approximate surface area is 148 Å². The van der Waals surface area contributed by atoms with Crippen molar-refractivity contribution < 1.29 is 9.59 Å². The average molecular weight is 353 g/mol. The number of hydrogen-bond acceptors (Lipinski definition) is 6. The molecule has 0 bridgehead atoms. The van der Waals surface area contributed by atoms with E-state index in [9.17, 15) is 9.59 Å². The molecule has 1 fully saturated rings. The molecule has 2 amide bonds. The van der Waals surface area contributed by atoms with Gasteiger partial charge in [-0.1, -0.05) is 12.1 Å². The third kappa shape index (κ3) is 3.16. The van der Waals surface area contributed by atoms with E-state index in [0.29, 0.717) is 29.9 Å². The van der Waals surface area contributed by atoms with Gasteiger partial charge in [-0.15, -0.1) is 0 Å². The molecule has 1 aromatic heterocycles. The predicted octanol–water partition coefficient (Wildman–Crippen LogP) is 1.88. The zero-order valence-electron chi connectivity index (χ0n) is 13.2. The van der Waals surface area contributed by atoms with E-state index < -0.39 is 0 Å². The second kappa shape index (κ2) is 6.48. The minimum absolute atomic E-state index is 0.0196. The average Bonchev–Trinajstić information content (AvgIpc) is 3.10. The van der Waals surface area contributed by atoms with Crippen LogP contribution in [0.4, 0.5) is 11.4 Å². The smallest absolute Gasteiger partial charge is 0.255 e. The monoisotopic (exact) mass is 353 g/mol. The molecule has 0 aliphatic carbocycles. The lowest BCUT2D eigenvalue weighted by Gasteiger charge is -2.30. The number of piperazine rings is 1. The topological polar surface area (TPSA) is 87.2 Å². The maximum atomic E-state index is 12.6. The van der Waals surface area contributed by atoms with Crippen molar-refractivity contribution >= 4 is 46.0 Å². The van der Waals surface area contributed by atoms with E-state index in [1.807, 2.05) is 29.2 Å². The number of nitrogens with zero attached hydrogens (tertiary/aromatic N) is 3.